The Balaban J connectivity index is 1.76. The third-order valence-corrected chi connectivity index (χ3v) is 4.31. The lowest BCUT2D eigenvalue weighted by Crippen LogP contribution is -2.38. The highest BCUT2D eigenvalue weighted by molar-refractivity contribution is 5.79. The van der Waals surface area contributed by atoms with Gasteiger partial charge in [0.1, 0.15) is 12.4 Å². The molecule has 0 aliphatic carbocycles. The van der Waals surface area contributed by atoms with Crippen molar-refractivity contribution >= 4 is 5.91 Å². The van der Waals surface area contributed by atoms with Crippen molar-refractivity contribution in [2.24, 2.45) is 5.73 Å². The van der Waals surface area contributed by atoms with Crippen molar-refractivity contribution in [1.82, 2.24) is 5.32 Å². The fraction of sp³-hybridized carbons (Fsp3) is 0.316. The first kappa shape index (κ1) is 18.0. The number of carbonyl (C=O) groups excluding carboxylic acids is 1. The SMILES string of the molecule is Cc1cccc(F)c1COc1ccc(CN[C@@H](C)C(N)=O)c2c1OCO2. The second-order valence-electron chi connectivity index (χ2n) is 6.12. The minimum atomic E-state index is -0.465. The van der Waals surface area contributed by atoms with Gasteiger partial charge in [0.05, 0.1) is 6.04 Å². The first-order valence-electron chi connectivity index (χ1n) is 8.28. The average molecular weight is 360 g/mol. The molecule has 0 bridgehead atoms. The van der Waals surface area contributed by atoms with Crippen LogP contribution in [0.4, 0.5) is 4.39 Å². The quantitative estimate of drug-likeness (QED) is 0.792. The fourth-order valence-corrected chi connectivity index (χ4v) is 2.64. The van der Waals surface area contributed by atoms with E-state index in [-0.39, 0.29) is 19.2 Å². The molecule has 1 aliphatic rings. The highest BCUT2D eigenvalue weighted by atomic mass is 19.1. The minimum absolute atomic E-state index is 0.0762. The molecule has 0 aromatic heterocycles. The summed E-state index contributed by atoms with van der Waals surface area (Å²) < 4.78 is 30.8. The molecule has 0 radical (unpaired) electrons. The van der Waals surface area contributed by atoms with Crippen LogP contribution >= 0.6 is 0 Å². The van der Waals surface area contributed by atoms with E-state index in [0.29, 0.717) is 29.4 Å². The number of hydrogen-bond acceptors (Lipinski definition) is 5. The van der Waals surface area contributed by atoms with Gasteiger partial charge in [0, 0.05) is 17.7 Å². The molecule has 1 heterocycles. The van der Waals surface area contributed by atoms with E-state index in [1.54, 1.807) is 19.1 Å². The van der Waals surface area contributed by atoms with Crippen LogP contribution in [0, 0.1) is 12.7 Å². The molecule has 2 aromatic rings. The maximum atomic E-state index is 14.0. The van der Waals surface area contributed by atoms with Crippen LogP contribution in [0.5, 0.6) is 17.2 Å². The normalized spacial score (nSPS) is 13.5. The molecule has 6 nitrogen and oxygen atoms in total. The molecule has 138 valence electrons. The van der Waals surface area contributed by atoms with Crippen LogP contribution in [0.1, 0.15) is 23.6 Å². The Labute approximate surface area is 151 Å². The van der Waals surface area contributed by atoms with Gasteiger partial charge in [-0.15, -0.1) is 0 Å². The predicted octanol–water partition coefficient (Wildman–Crippen LogP) is 2.41. The molecule has 0 unspecified atom stereocenters. The first-order chi connectivity index (χ1) is 12.5. The maximum Gasteiger partial charge on any atom is 0.234 e. The second-order valence-corrected chi connectivity index (χ2v) is 6.12. The van der Waals surface area contributed by atoms with Gasteiger partial charge in [0.25, 0.3) is 0 Å². The highest BCUT2D eigenvalue weighted by Gasteiger charge is 2.24. The van der Waals surface area contributed by atoms with E-state index in [9.17, 15) is 9.18 Å². The monoisotopic (exact) mass is 360 g/mol. The predicted molar refractivity (Wildman–Crippen MR) is 93.5 cm³/mol. The number of aryl methyl sites for hydroxylation is 1. The molecule has 7 heteroatoms. The number of primary amides is 1. The van der Waals surface area contributed by atoms with Gasteiger partial charge in [-0.3, -0.25) is 4.79 Å². The van der Waals surface area contributed by atoms with Crippen molar-refractivity contribution in [2.45, 2.75) is 33.0 Å². The van der Waals surface area contributed by atoms with E-state index in [4.69, 9.17) is 19.9 Å². The first-order valence-corrected chi connectivity index (χ1v) is 8.28. The number of hydrogen-bond donors (Lipinski definition) is 2. The lowest BCUT2D eigenvalue weighted by Gasteiger charge is -2.14. The number of nitrogens with one attached hydrogen (secondary N) is 1. The number of fused-ring (bicyclic) bond motifs is 1. The van der Waals surface area contributed by atoms with Crippen LogP contribution < -0.4 is 25.3 Å². The Kier molecular flexibility index (Phi) is 5.27. The highest BCUT2D eigenvalue weighted by Crippen LogP contribution is 2.43. The number of amides is 1. The summed E-state index contributed by atoms with van der Waals surface area (Å²) in [6, 6.07) is 8.00. The van der Waals surface area contributed by atoms with Crippen molar-refractivity contribution in [3.05, 3.63) is 52.8 Å². The molecule has 1 atom stereocenters. The summed E-state index contributed by atoms with van der Waals surface area (Å²) in [4.78, 5) is 11.1. The van der Waals surface area contributed by atoms with Gasteiger partial charge in [0.2, 0.25) is 18.4 Å². The topological polar surface area (TPSA) is 82.8 Å². The van der Waals surface area contributed by atoms with E-state index in [1.807, 2.05) is 19.1 Å². The maximum absolute atomic E-state index is 14.0. The standard InChI is InChI=1S/C19H21FN2O4/c1-11-4-3-5-15(20)14(11)9-24-16-7-6-13(8-22-12(2)19(21)23)17-18(16)26-10-25-17/h3-7,12,22H,8-10H2,1-2H3,(H2,21,23)/t12-/m0/s1. The fourth-order valence-electron chi connectivity index (χ4n) is 2.64. The molecule has 3 rings (SSSR count). The zero-order valence-corrected chi connectivity index (χ0v) is 14.7. The molecule has 3 N–H and O–H groups in total. The third kappa shape index (κ3) is 3.72. The van der Waals surface area contributed by atoms with Crippen molar-refractivity contribution in [1.29, 1.82) is 0 Å². The number of benzene rings is 2. The summed E-state index contributed by atoms with van der Waals surface area (Å²) in [6.45, 7) is 4.08. The van der Waals surface area contributed by atoms with E-state index < -0.39 is 11.9 Å². The number of rotatable bonds is 7. The molecule has 0 saturated carbocycles. The molecule has 0 fully saturated rings. The summed E-state index contributed by atoms with van der Waals surface area (Å²) in [5.74, 6) is 0.771. The third-order valence-electron chi connectivity index (χ3n) is 4.31. The molecule has 1 amide bonds. The number of nitrogens with two attached hydrogens (primary N) is 1. The van der Waals surface area contributed by atoms with Gasteiger partial charge >= 0.3 is 0 Å². The minimum Gasteiger partial charge on any atom is -0.485 e. The van der Waals surface area contributed by atoms with Crippen molar-refractivity contribution in [3.63, 3.8) is 0 Å². The van der Waals surface area contributed by atoms with Crippen molar-refractivity contribution in [2.75, 3.05) is 6.79 Å². The number of halogens is 1. The average Bonchev–Trinajstić information content (AvgIpc) is 3.10. The molecular formula is C19H21FN2O4. The van der Waals surface area contributed by atoms with Crippen LogP contribution in [-0.2, 0) is 17.9 Å². The zero-order valence-electron chi connectivity index (χ0n) is 14.7. The Morgan fingerprint density at radius 3 is 2.81 bits per heavy atom. The number of ether oxygens (including phenoxy) is 3. The smallest absolute Gasteiger partial charge is 0.234 e. The lowest BCUT2D eigenvalue weighted by atomic mass is 10.1. The van der Waals surface area contributed by atoms with Crippen LogP contribution in [0.15, 0.2) is 30.3 Å². The van der Waals surface area contributed by atoms with Gasteiger partial charge in [-0.1, -0.05) is 18.2 Å². The van der Waals surface area contributed by atoms with Crippen molar-refractivity contribution < 1.29 is 23.4 Å². The van der Waals surface area contributed by atoms with Crippen molar-refractivity contribution in [3.8, 4) is 17.2 Å². The van der Waals surface area contributed by atoms with Gasteiger partial charge < -0.3 is 25.3 Å². The van der Waals surface area contributed by atoms with E-state index in [2.05, 4.69) is 5.32 Å². The van der Waals surface area contributed by atoms with Gasteiger partial charge in [-0.25, -0.2) is 4.39 Å². The van der Waals surface area contributed by atoms with Gasteiger partial charge in [-0.05, 0) is 31.5 Å². The molecular weight excluding hydrogens is 339 g/mol. The van der Waals surface area contributed by atoms with Crippen LogP contribution in [0.25, 0.3) is 0 Å². The Hall–Kier alpha value is -2.80. The van der Waals surface area contributed by atoms with E-state index in [1.165, 1.54) is 6.07 Å². The molecule has 26 heavy (non-hydrogen) atoms. The molecule has 0 saturated heterocycles. The summed E-state index contributed by atoms with van der Waals surface area (Å²) in [5, 5.41) is 3.02. The Morgan fingerprint density at radius 2 is 2.08 bits per heavy atom. The number of carbonyl (C=O) groups is 1. The lowest BCUT2D eigenvalue weighted by molar-refractivity contribution is -0.119. The van der Waals surface area contributed by atoms with Crippen LogP contribution in [0.2, 0.25) is 0 Å². The van der Waals surface area contributed by atoms with E-state index in [0.717, 1.165) is 11.1 Å². The van der Waals surface area contributed by atoms with E-state index >= 15 is 0 Å². The Bertz CT molecular complexity index is 805. The van der Waals surface area contributed by atoms with Gasteiger partial charge in [0.15, 0.2) is 11.5 Å². The zero-order chi connectivity index (χ0) is 18.7. The summed E-state index contributed by atoms with van der Waals surface area (Å²) in [5.41, 5.74) is 7.39. The largest absolute Gasteiger partial charge is 0.485 e. The second kappa shape index (κ2) is 7.61. The van der Waals surface area contributed by atoms with Gasteiger partial charge in [-0.2, -0.15) is 0 Å². The summed E-state index contributed by atoms with van der Waals surface area (Å²) in [6.07, 6.45) is 0. The summed E-state index contributed by atoms with van der Waals surface area (Å²) >= 11 is 0. The molecule has 0 spiro atoms. The summed E-state index contributed by atoms with van der Waals surface area (Å²) in [7, 11) is 0. The van der Waals surface area contributed by atoms with Crippen LogP contribution in [0.3, 0.4) is 0 Å². The van der Waals surface area contributed by atoms with Crippen LogP contribution in [-0.4, -0.2) is 18.7 Å². The molecule has 2 aromatic carbocycles. The Morgan fingerprint density at radius 1 is 1.31 bits per heavy atom. The molecule has 1 aliphatic heterocycles.